The third-order valence-electron chi connectivity index (χ3n) is 4.25. The Morgan fingerprint density at radius 1 is 1.26 bits per heavy atom. The molecule has 122 valence electrons. The van der Waals surface area contributed by atoms with E-state index < -0.39 is 0 Å². The van der Waals surface area contributed by atoms with Gasteiger partial charge in [-0.05, 0) is 37.6 Å². The molecule has 0 bridgehead atoms. The second kappa shape index (κ2) is 7.99. The standard InChI is InChI=1S/C17H23N5O/c23-13-15-5-1-2-10-22(15)11-9-20-17-19-8-6-16(21-17)14-4-3-7-18-12-14/h3-4,6-8,12,15,23H,1-2,5,9-11,13H2,(H,19,20,21)/t15-/m0/s1. The number of nitrogens with one attached hydrogen (secondary N) is 1. The summed E-state index contributed by atoms with van der Waals surface area (Å²) in [5.41, 5.74) is 1.84. The fourth-order valence-electron chi connectivity index (χ4n) is 2.99. The van der Waals surface area contributed by atoms with Gasteiger partial charge in [-0.1, -0.05) is 6.42 Å². The summed E-state index contributed by atoms with van der Waals surface area (Å²) in [6.45, 7) is 2.97. The van der Waals surface area contributed by atoms with Crippen LogP contribution in [0.25, 0.3) is 11.3 Å². The van der Waals surface area contributed by atoms with E-state index in [4.69, 9.17) is 0 Å². The number of anilines is 1. The minimum absolute atomic E-state index is 0.243. The molecule has 6 nitrogen and oxygen atoms in total. The molecule has 3 heterocycles. The minimum Gasteiger partial charge on any atom is -0.395 e. The predicted octanol–water partition coefficient (Wildman–Crippen LogP) is 1.80. The summed E-state index contributed by atoms with van der Waals surface area (Å²) in [7, 11) is 0. The Morgan fingerprint density at radius 2 is 2.22 bits per heavy atom. The van der Waals surface area contributed by atoms with Crippen molar-refractivity contribution in [2.24, 2.45) is 0 Å². The highest BCUT2D eigenvalue weighted by molar-refractivity contribution is 5.58. The van der Waals surface area contributed by atoms with E-state index in [9.17, 15) is 5.11 Å². The Hall–Kier alpha value is -2.05. The van der Waals surface area contributed by atoms with Crippen molar-refractivity contribution in [3.8, 4) is 11.3 Å². The van der Waals surface area contributed by atoms with E-state index in [0.29, 0.717) is 12.0 Å². The molecule has 3 rings (SSSR count). The summed E-state index contributed by atoms with van der Waals surface area (Å²) >= 11 is 0. The van der Waals surface area contributed by atoms with Crippen LogP contribution in [0.5, 0.6) is 0 Å². The van der Waals surface area contributed by atoms with Crippen LogP contribution in [-0.4, -0.2) is 57.2 Å². The van der Waals surface area contributed by atoms with Crippen LogP contribution in [0, 0.1) is 0 Å². The molecule has 0 aromatic carbocycles. The Kier molecular flexibility index (Phi) is 5.50. The number of hydrogen-bond donors (Lipinski definition) is 2. The SMILES string of the molecule is OC[C@@H]1CCCCN1CCNc1nccc(-c2cccnc2)n1. The maximum atomic E-state index is 9.45. The number of likely N-dealkylation sites (tertiary alicyclic amines) is 1. The van der Waals surface area contributed by atoms with Crippen LogP contribution >= 0.6 is 0 Å². The van der Waals surface area contributed by atoms with E-state index in [-0.39, 0.29) is 6.61 Å². The molecule has 0 unspecified atom stereocenters. The van der Waals surface area contributed by atoms with E-state index >= 15 is 0 Å². The van der Waals surface area contributed by atoms with Crippen LogP contribution in [-0.2, 0) is 0 Å². The van der Waals surface area contributed by atoms with Gasteiger partial charge in [0.15, 0.2) is 0 Å². The largest absolute Gasteiger partial charge is 0.395 e. The lowest BCUT2D eigenvalue weighted by atomic mass is 10.0. The maximum Gasteiger partial charge on any atom is 0.223 e. The normalized spacial score (nSPS) is 18.7. The number of aliphatic hydroxyl groups is 1. The summed E-state index contributed by atoms with van der Waals surface area (Å²) < 4.78 is 0. The molecule has 6 heteroatoms. The average molecular weight is 313 g/mol. The van der Waals surface area contributed by atoms with Gasteiger partial charge in [0.25, 0.3) is 0 Å². The van der Waals surface area contributed by atoms with Gasteiger partial charge in [-0.25, -0.2) is 9.97 Å². The number of piperidine rings is 1. The lowest BCUT2D eigenvalue weighted by Crippen LogP contribution is -2.44. The monoisotopic (exact) mass is 313 g/mol. The molecular weight excluding hydrogens is 290 g/mol. The topological polar surface area (TPSA) is 74.2 Å². The van der Waals surface area contributed by atoms with Crippen LogP contribution in [0.2, 0.25) is 0 Å². The van der Waals surface area contributed by atoms with Crippen LogP contribution in [0.1, 0.15) is 19.3 Å². The summed E-state index contributed by atoms with van der Waals surface area (Å²) in [5.74, 6) is 0.629. The molecule has 1 fully saturated rings. The molecule has 0 spiro atoms. The first-order chi connectivity index (χ1) is 11.4. The van der Waals surface area contributed by atoms with Gasteiger partial charge in [0.2, 0.25) is 5.95 Å². The smallest absolute Gasteiger partial charge is 0.223 e. The number of aliphatic hydroxyl groups excluding tert-OH is 1. The summed E-state index contributed by atoms with van der Waals surface area (Å²) in [4.78, 5) is 15.3. The van der Waals surface area contributed by atoms with Gasteiger partial charge in [0.1, 0.15) is 0 Å². The fourth-order valence-corrected chi connectivity index (χ4v) is 2.99. The highest BCUT2D eigenvalue weighted by Gasteiger charge is 2.20. The van der Waals surface area contributed by atoms with Crippen molar-refractivity contribution in [2.45, 2.75) is 25.3 Å². The van der Waals surface area contributed by atoms with Gasteiger partial charge in [0, 0.05) is 43.3 Å². The fraction of sp³-hybridized carbons (Fsp3) is 0.471. The molecule has 1 atom stereocenters. The zero-order valence-corrected chi connectivity index (χ0v) is 13.2. The van der Waals surface area contributed by atoms with Gasteiger partial charge in [-0.3, -0.25) is 9.88 Å². The van der Waals surface area contributed by atoms with Crippen LogP contribution in [0.3, 0.4) is 0 Å². The Balaban J connectivity index is 1.56. The van der Waals surface area contributed by atoms with Crippen molar-refractivity contribution in [3.05, 3.63) is 36.8 Å². The van der Waals surface area contributed by atoms with Crippen molar-refractivity contribution in [3.63, 3.8) is 0 Å². The number of pyridine rings is 1. The zero-order valence-electron chi connectivity index (χ0n) is 13.2. The summed E-state index contributed by atoms with van der Waals surface area (Å²) in [5, 5.41) is 12.7. The molecule has 0 aliphatic carbocycles. The first kappa shape index (κ1) is 15.8. The molecule has 0 amide bonds. The van der Waals surface area contributed by atoms with E-state index in [1.165, 1.54) is 12.8 Å². The van der Waals surface area contributed by atoms with Gasteiger partial charge in [-0.15, -0.1) is 0 Å². The van der Waals surface area contributed by atoms with E-state index in [1.807, 2.05) is 18.2 Å². The first-order valence-electron chi connectivity index (χ1n) is 8.19. The highest BCUT2D eigenvalue weighted by atomic mass is 16.3. The third kappa shape index (κ3) is 4.24. The first-order valence-corrected chi connectivity index (χ1v) is 8.19. The number of nitrogens with zero attached hydrogens (tertiary/aromatic N) is 4. The number of rotatable bonds is 6. The van der Waals surface area contributed by atoms with Gasteiger partial charge < -0.3 is 10.4 Å². The molecule has 0 saturated carbocycles. The molecule has 2 aromatic heterocycles. The molecule has 0 radical (unpaired) electrons. The molecule has 1 saturated heterocycles. The molecular formula is C17H23N5O. The van der Waals surface area contributed by atoms with E-state index in [1.54, 1.807) is 18.6 Å². The van der Waals surface area contributed by atoms with Crippen molar-refractivity contribution >= 4 is 5.95 Å². The minimum atomic E-state index is 0.243. The van der Waals surface area contributed by atoms with Crippen LogP contribution < -0.4 is 5.32 Å². The second-order valence-corrected chi connectivity index (χ2v) is 5.80. The van der Waals surface area contributed by atoms with Gasteiger partial charge >= 0.3 is 0 Å². The Labute approximate surface area is 136 Å². The number of aromatic nitrogens is 3. The lowest BCUT2D eigenvalue weighted by Gasteiger charge is -2.34. The van der Waals surface area contributed by atoms with Crippen molar-refractivity contribution in [2.75, 3.05) is 31.6 Å². The molecule has 1 aliphatic rings. The van der Waals surface area contributed by atoms with Crippen molar-refractivity contribution < 1.29 is 5.11 Å². The zero-order chi connectivity index (χ0) is 15.9. The second-order valence-electron chi connectivity index (χ2n) is 5.80. The molecule has 2 aromatic rings. The molecule has 23 heavy (non-hydrogen) atoms. The van der Waals surface area contributed by atoms with Gasteiger partial charge in [-0.2, -0.15) is 0 Å². The maximum absolute atomic E-state index is 9.45. The molecule has 2 N–H and O–H groups in total. The van der Waals surface area contributed by atoms with E-state index in [2.05, 4.69) is 25.2 Å². The Morgan fingerprint density at radius 3 is 3.04 bits per heavy atom. The summed E-state index contributed by atoms with van der Waals surface area (Å²) in [6.07, 6.45) is 8.82. The van der Waals surface area contributed by atoms with Crippen LogP contribution in [0.15, 0.2) is 36.8 Å². The molecule has 1 aliphatic heterocycles. The average Bonchev–Trinajstić information content (AvgIpc) is 2.63. The van der Waals surface area contributed by atoms with Crippen LogP contribution in [0.4, 0.5) is 5.95 Å². The van der Waals surface area contributed by atoms with Crippen molar-refractivity contribution in [1.82, 2.24) is 19.9 Å². The lowest BCUT2D eigenvalue weighted by molar-refractivity contribution is 0.0940. The number of hydrogen-bond acceptors (Lipinski definition) is 6. The van der Waals surface area contributed by atoms with E-state index in [0.717, 1.165) is 37.3 Å². The van der Waals surface area contributed by atoms with Crippen molar-refractivity contribution in [1.29, 1.82) is 0 Å². The third-order valence-corrected chi connectivity index (χ3v) is 4.25. The van der Waals surface area contributed by atoms with Gasteiger partial charge in [0.05, 0.1) is 12.3 Å². The highest BCUT2D eigenvalue weighted by Crippen LogP contribution is 2.17. The predicted molar refractivity (Wildman–Crippen MR) is 90.1 cm³/mol. The quantitative estimate of drug-likeness (QED) is 0.847. The summed E-state index contributed by atoms with van der Waals surface area (Å²) in [6, 6.07) is 6.07. The Bertz CT molecular complexity index is 607.